The molecule has 0 amide bonds. The van der Waals surface area contributed by atoms with Crippen LogP contribution in [0.15, 0.2) is 0 Å². The predicted molar refractivity (Wildman–Crippen MR) is 46.5 cm³/mol. The van der Waals surface area contributed by atoms with Crippen molar-refractivity contribution in [2.24, 2.45) is 5.92 Å². The minimum absolute atomic E-state index is 0.0481. The summed E-state index contributed by atoms with van der Waals surface area (Å²) < 4.78 is 0. The molecule has 0 spiro atoms. The number of hydrogen-bond donors (Lipinski definition) is 2. The molecule has 1 aliphatic rings. The van der Waals surface area contributed by atoms with Gasteiger partial charge in [0, 0.05) is 5.54 Å². The molecule has 1 saturated carbocycles. The molecule has 1 rings (SSSR count). The first-order chi connectivity index (χ1) is 5.22. The van der Waals surface area contributed by atoms with Gasteiger partial charge in [0.25, 0.3) is 0 Å². The molecule has 0 aromatic rings. The summed E-state index contributed by atoms with van der Waals surface area (Å²) in [6.07, 6.45) is 4.76. The van der Waals surface area contributed by atoms with Gasteiger partial charge in [0.05, 0.1) is 6.61 Å². The summed E-state index contributed by atoms with van der Waals surface area (Å²) >= 11 is 0. The van der Waals surface area contributed by atoms with E-state index < -0.39 is 0 Å². The van der Waals surface area contributed by atoms with Gasteiger partial charge in [-0.1, -0.05) is 6.92 Å². The molecule has 1 fully saturated rings. The molecule has 66 valence electrons. The molecule has 1 aliphatic carbocycles. The second-order valence-corrected chi connectivity index (χ2v) is 3.87. The van der Waals surface area contributed by atoms with Crippen LogP contribution in [0.3, 0.4) is 0 Å². The Morgan fingerprint density at radius 3 is 2.36 bits per heavy atom. The van der Waals surface area contributed by atoms with E-state index in [4.69, 9.17) is 5.11 Å². The van der Waals surface area contributed by atoms with Crippen molar-refractivity contribution >= 4 is 0 Å². The summed E-state index contributed by atoms with van der Waals surface area (Å²) in [5.74, 6) is 0.850. The van der Waals surface area contributed by atoms with Gasteiger partial charge in [-0.3, -0.25) is 0 Å². The molecule has 0 radical (unpaired) electrons. The van der Waals surface area contributed by atoms with Gasteiger partial charge in [0.1, 0.15) is 0 Å². The molecule has 0 saturated heterocycles. The quantitative estimate of drug-likeness (QED) is 0.630. The van der Waals surface area contributed by atoms with Crippen molar-refractivity contribution in [3.05, 3.63) is 0 Å². The summed E-state index contributed by atoms with van der Waals surface area (Å²) in [4.78, 5) is 0. The zero-order valence-corrected chi connectivity index (χ0v) is 7.56. The van der Waals surface area contributed by atoms with Crippen LogP contribution in [0.2, 0.25) is 0 Å². The van der Waals surface area contributed by atoms with Gasteiger partial charge in [-0.25, -0.2) is 0 Å². The summed E-state index contributed by atoms with van der Waals surface area (Å²) in [5.41, 5.74) is 0.0481. The van der Waals surface area contributed by atoms with Gasteiger partial charge in [0.15, 0.2) is 0 Å². The number of rotatable bonds is 2. The Labute approximate surface area is 69.0 Å². The third-order valence-corrected chi connectivity index (χ3v) is 3.06. The minimum atomic E-state index is 0.0481. The second kappa shape index (κ2) is 3.55. The van der Waals surface area contributed by atoms with Gasteiger partial charge in [-0.15, -0.1) is 0 Å². The lowest BCUT2D eigenvalue weighted by Crippen LogP contribution is -2.48. The van der Waals surface area contributed by atoms with Crippen molar-refractivity contribution in [2.45, 2.75) is 38.1 Å². The van der Waals surface area contributed by atoms with E-state index in [2.05, 4.69) is 12.2 Å². The number of likely N-dealkylation sites (N-methyl/N-ethyl adjacent to an activating group) is 1. The normalized spacial score (nSPS) is 39.0. The van der Waals surface area contributed by atoms with E-state index in [0.717, 1.165) is 18.8 Å². The monoisotopic (exact) mass is 157 g/mol. The molecule has 0 heterocycles. The molecular formula is C9H19NO. The topological polar surface area (TPSA) is 32.3 Å². The third-order valence-electron chi connectivity index (χ3n) is 3.06. The highest BCUT2D eigenvalue weighted by molar-refractivity contribution is 4.90. The Hall–Kier alpha value is -0.0800. The number of hydrogen-bond acceptors (Lipinski definition) is 2. The number of aliphatic hydroxyl groups is 1. The van der Waals surface area contributed by atoms with Crippen LogP contribution >= 0.6 is 0 Å². The maximum absolute atomic E-state index is 9.17. The second-order valence-electron chi connectivity index (χ2n) is 3.87. The van der Waals surface area contributed by atoms with Crippen LogP contribution in [-0.4, -0.2) is 24.3 Å². The van der Waals surface area contributed by atoms with Crippen molar-refractivity contribution < 1.29 is 5.11 Å². The lowest BCUT2D eigenvalue weighted by molar-refractivity contribution is 0.113. The number of nitrogens with one attached hydrogen (secondary N) is 1. The fourth-order valence-corrected chi connectivity index (χ4v) is 1.80. The van der Waals surface area contributed by atoms with Crippen LogP contribution in [0, 0.1) is 5.92 Å². The Morgan fingerprint density at radius 2 is 2.00 bits per heavy atom. The molecule has 0 unspecified atom stereocenters. The molecular weight excluding hydrogens is 138 g/mol. The van der Waals surface area contributed by atoms with Gasteiger partial charge in [-0.05, 0) is 38.6 Å². The van der Waals surface area contributed by atoms with Crippen LogP contribution in [0.1, 0.15) is 32.6 Å². The largest absolute Gasteiger partial charge is 0.394 e. The van der Waals surface area contributed by atoms with E-state index in [9.17, 15) is 0 Å². The van der Waals surface area contributed by atoms with Crippen molar-refractivity contribution in [1.82, 2.24) is 5.32 Å². The Morgan fingerprint density at radius 1 is 1.45 bits per heavy atom. The van der Waals surface area contributed by atoms with E-state index >= 15 is 0 Å². The highest BCUT2D eigenvalue weighted by atomic mass is 16.3. The summed E-state index contributed by atoms with van der Waals surface area (Å²) in [6.45, 7) is 2.58. The Bertz CT molecular complexity index is 111. The maximum Gasteiger partial charge on any atom is 0.0613 e. The first-order valence-corrected chi connectivity index (χ1v) is 4.52. The molecule has 2 N–H and O–H groups in total. The van der Waals surface area contributed by atoms with E-state index in [1.165, 1.54) is 12.8 Å². The molecule has 0 aromatic heterocycles. The lowest BCUT2D eigenvalue weighted by Gasteiger charge is -2.37. The molecule has 2 heteroatoms. The zero-order valence-electron chi connectivity index (χ0n) is 7.56. The van der Waals surface area contributed by atoms with Crippen LogP contribution in [-0.2, 0) is 0 Å². The van der Waals surface area contributed by atoms with E-state index in [1.807, 2.05) is 7.05 Å². The van der Waals surface area contributed by atoms with Crippen LogP contribution in [0.5, 0.6) is 0 Å². The molecule has 2 nitrogen and oxygen atoms in total. The van der Waals surface area contributed by atoms with Crippen LogP contribution in [0.4, 0.5) is 0 Å². The smallest absolute Gasteiger partial charge is 0.0613 e. The molecule has 0 atom stereocenters. The van der Waals surface area contributed by atoms with E-state index in [-0.39, 0.29) is 12.1 Å². The van der Waals surface area contributed by atoms with Gasteiger partial charge in [0.2, 0.25) is 0 Å². The Balaban J connectivity index is 2.45. The molecule has 11 heavy (non-hydrogen) atoms. The molecule has 0 aliphatic heterocycles. The van der Waals surface area contributed by atoms with E-state index in [1.54, 1.807) is 0 Å². The lowest BCUT2D eigenvalue weighted by atomic mass is 9.78. The van der Waals surface area contributed by atoms with Crippen molar-refractivity contribution in [3.8, 4) is 0 Å². The summed E-state index contributed by atoms with van der Waals surface area (Å²) in [6, 6.07) is 0. The fourth-order valence-electron chi connectivity index (χ4n) is 1.80. The average Bonchev–Trinajstić information content (AvgIpc) is 2.07. The van der Waals surface area contributed by atoms with Crippen LogP contribution in [0.25, 0.3) is 0 Å². The van der Waals surface area contributed by atoms with Crippen molar-refractivity contribution in [1.29, 1.82) is 0 Å². The average molecular weight is 157 g/mol. The first-order valence-electron chi connectivity index (χ1n) is 4.52. The minimum Gasteiger partial charge on any atom is -0.394 e. The van der Waals surface area contributed by atoms with Gasteiger partial charge in [-0.2, -0.15) is 0 Å². The summed E-state index contributed by atoms with van der Waals surface area (Å²) in [7, 11) is 1.95. The zero-order chi connectivity index (χ0) is 8.32. The fraction of sp³-hybridized carbons (Fsp3) is 1.00. The maximum atomic E-state index is 9.17. The predicted octanol–water partition coefficient (Wildman–Crippen LogP) is 1.15. The first kappa shape index (κ1) is 9.01. The SMILES string of the molecule is CNC1(CO)CCC(C)CC1. The standard InChI is InChI=1S/C9H19NO/c1-8-3-5-9(7-11,10-2)6-4-8/h8,10-11H,3-7H2,1-2H3. The van der Waals surface area contributed by atoms with E-state index in [0.29, 0.717) is 0 Å². The van der Waals surface area contributed by atoms with Crippen molar-refractivity contribution in [2.75, 3.05) is 13.7 Å². The Kier molecular flexibility index (Phi) is 2.90. The summed E-state index contributed by atoms with van der Waals surface area (Å²) in [5, 5.41) is 12.4. The van der Waals surface area contributed by atoms with Crippen molar-refractivity contribution in [3.63, 3.8) is 0 Å². The highest BCUT2D eigenvalue weighted by Gasteiger charge is 2.31. The van der Waals surface area contributed by atoms with Crippen LogP contribution < -0.4 is 5.32 Å². The van der Waals surface area contributed by atoms with Gasteiger partial charge >= 0.3 is 0 Å². The number of aliphatic hydroxyl groups excluding tert-OH is 1. The molecule has 0 aromatic carbocycles. The highest BCUT2D eigenvalue weighted by Crippen LogP contribution is 2.30. The third kappa shape index (κ3) is 1.94. The van der Waals surface area contributed by atoms with Gasteiger partial charge < -0.3 is 10.4 Å². The molecule has 0 bridgehead atoms.